The first-order valence-electron chi connectivity index (χ1n) is 11.1. The fraction of sp³-hybridized carbons (Fsp3) is 0.370. The summed E-state index contributed by atoms with van der Waals surface area (Å²) in [5.41, 5.74) is 1.31. The second-order valence-corrected chi connectivity index (χ2v) is 8.45. The van der Waals surface area contributed by atoms with Gasteiger partial charge in [0.25, 0.3) is 0 Å². The highest BCUT2D eigenvalue weighted by Gasteiger charge is 2.31. The van der Waals surface area contributed by atoms with Crippen molar-refractivity contribution in [2.45, 2.75) is 38.9 Å². The molecule has 0 fully saturated rings. The van der Waals surface area contributed by atoms with E-state index >= 15 is 0 Å². The van der Waals surface area contributed by atoms with Crippen LogP contribution in [0.2, 0.25) is 0 Å². The smallest absolute Gasteiger partial charge is 0.203 e. The monoisotopic (exact) mass is 468 g/mol. The minimum Gasteiger partial charge on any atom is -0.496 e. The summed E-state index contributed by atoms with van der Waals surface area (Å²) in [7, 11) is 1.52. The third-order valence-electron chi connectivity index (χ3n) is 5.47. The zero-order valence-corrected chi connectivity index (χ0v) is 20.0. The molecule has 0 spiro atoms. The van der Waals surface area contributed by atoms with Crippen LogP contribution in [0.25, 0.3) is 0 Å². The van der Waals surface area contributed by atoms with Gasteiger partial charge in [-0.2, -0.15) is 0 Å². The Morgan fingerprint density at radius 3 is 2.53 bits per heavy atom. The minimum atomic E-state index is -0.335. The molecule has 182 valence electrons. The molecule has 2 aromatic rings. The van der Waals surface area contributed by atoms with E-state index in [2.05, 4.69) is 13.2 Å². The van der Waals surface area contributed by atoms with Crippen molar-refractivity contribution in [1.82, 2.24) is 0 Å². The highest BCUT2D eigenvalue weighted by Crippen LogP contribution is 2.45. The molecule has 0 bridgehead atoms. The molecule has 2 aromatic carbocycles. The van der Waals surface area contributed by atoms with Gasteiger partial charge >= 0.3 is 0 Å². The predicted octanol–water partition coefficient (Wildman–Crippen LogP) is 4.68. The van der Waals surface area contributed by atoms with Crippen LogP contribution in [0, 0.1) is 0 Å². The van der Waals surface area contributed by atoms with Crippen LogP contribution < -0.4 is 23.7 Å². The van der Waals surface area contributed by atoms with E-state index in [0.717, 1.165) is 12.0 Å². The summed E-state index contributed by atoms with van der Waals surface area (Å²) in [6, 6.07) is 6.75. The van der Waals surface area contributed by atoms with E-state index in [-0.39, 0.29) is 31.2 Å². The quantitative estimate of drug-likeness (QED) is 0.358. The lowest BCUT2D eigenvalue weighted by Crippen LogP contribution is -2.33. The lowest BCUT2D eigenvalue weighted by molar-refractivity contribution is 0.0808. The normalized spacial score (nSPS) is 13.8. The molecule has 1 heterocycles. The lowest BCUT2D eigenvalue weighted by atomic mass is 9.92. The van der Waals surface area contributed by atoms with Crippen LogP contribution in [-0.4, -0.2) is 43.4 Å². The maximum Gasteiger partial charge on any atom is 0.203 e. The number of aliphatic hydroxyl groups excluding tert-OH is 1. The van der Waals surface area contributed by atoms with Crippen molar-refractivity contribution in [3.05, 3.63) is 66.3 Å². The second kappa shape index (κ2) is 11.1. The van der Waals surface area contributed by atoms with E-state index in [1.807, 2.05) is 13.8 Å². The Labute approximate surface area is 200 Å². The zero-order chi connectivity index (χ0) is 24.7. The topological polar surface area (TPSA) is 83.5 Å². The van der Waals surface area contributed by atoms with Crippen molar-refractivity contribution in [3.63, 3.8) is 0 Å². The SMILES string of the molecule is C=CCOc1ccc(C(=O)COc2c(CO)c(OC)cc3c2CCC(C)(C)O3)c(OCC=C)c1. The van der Waals surface area contributed by atoms with Crippen LogP contribution in [0.15, 0.2) is 49.6 Å². The third-order valence-corrected chi connectivity index (χ3v) is 5.47. The molecule has 0 aromatic heterocycles. The number of hydrogen-bond acceptors (Lipinski definition) is 7. The van der Waals surface area contributed by atoms with Gasteiger partial charge in [-0.25, -0.2) is 0 Å². The summed E-state index contributed by atoms with van der Waals surface area (Å²) in [4.78, 5) is 13.1. The maximum absolute atomic E-state index is 13.1. The van der Waals surface area contributed by atoms with Crippen molar-refractivity contribution in [2.75, 3.05) is 26.9 Å². The average Bonchev–Trinajstić information content (AvgIpc) is 2.83. The fourth-order valence-corrected chi connectivity index (χ4v) is 3.77. The summed E-state index contributed by atoms with van der Waals surface area (Å²) in [5, 5.41) is 10.0. The number of carbonyl (C=O) groups excluding carboxylic acids is 1. The van der Waals surface area contributed by atoms with Gasteiger partial charge in [-0.1, -0.05) is 25.3 Å². The first-order valence-corrected chi connectivity index (χ1v) is 11.1. The summed E-state index contributed by atoms with van der Waals surface area (Å²) >= 11 is 0. The zero-order valence-electron chi connectivity index (χ0n) is 20.0. The van der Waals surface area contributed by atoms with Crippen molar-refractivity contribution < 1.29 is 33.6 Å². The van der Waals surface area contributed by atoms with E-state index in [4.69, 9.17) is 23.7 Å². The van der Waals surface area contributed by atoms with Crippen molar-refractivity contribution in [2.24, 2.45) is 0 Å². The van der Waals surface area contributed by atoms with Gasteiger partial charge in [0.2, 0.25) is 5.78 Å². The number of fused-ring (bicyclic) bond motifs is 1. The summed E-state index contributed by atoms with van der Waals surface area (Å²) in [6.45, 7) is 11.3. The largest absolute Gasteiger partial charge is 0.496 e. The molecule has 1 aliphatic rings. The summed E-state index contributed by atoms with van der Waals surface area (Å²) in [5.74, 6) is 2.13. The Hall–Kier alpha value is -3.45. The molecule has 0 amide bonds. The van der Waals surface area contributed by atoms with Gasteiger partial charge in [-0.15, -0.1) is 0 Å². The van der Waals surface area contributed by atoms with Crippen molar-refractivity contribution in [3.8, 4) is 28.7 Å². The first-order chi connectivity index (χ1) is 16.3. The van der Waals surface area contributed by atoms with Crippen molar-refractivity contribution in [1.29, 1.82) is 0 Å². The maximum atomic E-state index is 13.1. The van der Waals surface area contributed by atoms with E-state index in [1.54, 1.807) is 36.4 Å². The first kappa shape index (κ1) is 25.2. The van der Waals surface area contributed by atoms with Crippen LogP contribution in [0.1, 0.15) is 41.8 Å². The number of carbonyl (C=O) groups is 1. The highest BCUT2D eigenvalue weighted by atomic mass is 16.5. The number of aliphatic hydroxyl groups is 1. The molecular formula is C27H32O7. The number of ketones is 1. The Balaban J connectivity index is 1.89. The number of Topliss-reactive ketones (excluding diaryl/α,β-unsaturated/α-hetero) is 1. The molecule has 0 saturated heterocycles. The average molecular weight is 469 g/mol. The van der Waals surface area contributed by atoms with Gasteiger partial charge in [0.15, 0.2) is 6.61 Å². The number of rotatable bonds is 12. The molecule has 0 radical (unpaired) electrons. The Bertz CT molecular complexity index is 1060. The number of methoxy groups -OCH3 is 1. The molecule has 3 rings (SSSR count). The molecule has 1 N–H and O–H groups in total. The molecule has 7 heteroatoms. The Morgan fingerprint density at radius 2 is 1.85 bits per heavy atom. The summed E-state index contributed by atoms with van der Waals surface area (Å²) in [6.07, 6.45) is 4.69. The Morgan fingerprint density at radius 1 is 1.12 bits per heavy atom. The van der Waals surface area contributed by atoms with Crippen LogP contribution in [0.4, 0.5) is 0 Å². The molecule has 1 aliphatic heterocycles. The molecule has 0 atom stereocenters. The lowest BCUT2D eigenvalue weighted by Gasteiger charge is -2.34. The minimum absolute atomic E-state index is 0.233. The van der Waals surface area contributed by atoms with Gasteiger partial charge in [-0.3, -0.25) is 4.79 Å². The third kappa shape index (κ3) is 5.72. The number of hydrogen-bond donors (Lipinski definition) is 1. The number of ether oxygens (including phenoxy) is 5. The van der Waals surface area contributed by atoms with Gasteiger partial charge in [0.05, 0.1) is 24.8 Å². The van der Waals surface area contributed by atoms with E-state index in [1.165, 1.54) is 7.11 Å². The predicted molar refractivity (Wildman–Crippen MR) is 130 cm³/mol. The standard InChI is InChI=1S/C27H32O7/c1-6-12-31-18-8-9-19(24(14-18)32-13-7-2)22(29)17-33-26-20-10-11-27(3,4)34-25(20)15-23(30-5)21(26)16-28/h6-9,14-15,28H,1-2,10-13,16-17H2,3-5H3. The van der Waals surface area contributed by atoms with Gasteiger partial charge in [0.1, 0.15) is 47.6 Å². The van der Waals surface area contributed by atoms with Crippen molar-refractivity contribution >= 4 is 5.78 Å². The van der Waals surface area contributed by atoms with Crippen LogP contribution in [0.3, 0.4) is 0 Å². The second-order valence-electron chi connectivity index (χ2n) is 8.45. The van der Waals surface area contributed by atoms with E-state index in [0.29, 0.717) is 52.9 Å². The molecule has 7 nitrogen and oxygen atoms in total. The van der Waals surface area contributed by atoms with Gasteiger partial charge in [0, 0.05) is 17.7 Å². The highest BCUT2D eigenvalue weighted by molar-refractivity contribution is 6.00. The van der Waals surface area contributed by atoms with Crippen LogP contribution in [0.5, 0.6) is 28.7 Å². The van der Waals surface area contributed by atoms with Crippen LogP contribution >= 0.6 is 0 Å². The molecule has 34 heavy (non-hydrogen) atoms. The van der Waals surface area contributed by atoms with E-state index < -0.39 is 0 Å². The number of benzene rings is 2. The summed E-state index contributed by atoms with van der Waals surface area (Å²) < 4.78 is 28.8. The van der Waals surface area contributed by atoms with Crippen LogP contribution in [-0.2, 0) is 13.0 Å². The Kier molecular flexibility index (Phi) is 8.23. The molecule has 0 aliphatic carbocycles. The molecular weight excluding hydrogens is 436 g/mol. The van der Waals surface area contributed by atoms with E-state index in [9.17, 15) is 9.90 Å². The molecule has 0 unspecified atom stereocenters. The molecule has 0 saturated carbocycles. The van der Waals surface area contributed by atoms with Gasteiger partial charge in [-0.05, 0) is 38.8 Å². The fourth-order valence-electron chi connectivity index (χ4n) is 3.77. The van der Waals surface area contributed by atoms with Gasteiger partial charge < -0.3 is 28.8 Å².